The van der Waals surface area contributed by atoms with Crippen LogP contribution in [0.4, 0.5) is 0 Å². The van der Waals surface area contributed by atoms with E-state index in [2.05, 4.69) is 0 Å². The Kier molecular flexibility index (Phi) is 5.34. The van der Waals surface area contributed by atoms with Gasteiger partial charge in [0.2, 0.25) is 0 Å². The minimum atomic E-state index is 1.15. The lowest BCUT2D eigenvalue weighted by atomic mass is 9.40. The summed E-state index contributed by atoms with van der Waals surface area (Å²) in [6.45, 7) is 4.00. The van der Waals surface area contributed by atoms with Gasteiger partial charge in [0.25, 0.3) is 0 Å². The van der Waals surface area contributed by atoms with Gasteiger partial charge in [0, 0.05) is 0 Å². The quantitative estimate of drug-likeness (QED) is 0.336. The van der Waals surface area contributed by atoms with Gasteiger partial charge in [-0.1, -0.05) is 39.5 Å². The van der Waals surface area contributed by atoms with Crippen molar-refractivity contribution in [2.45, 2.75) is 117 Å². The summed E-state index contributed by atoms with van der Waals surface area (Å²) in [4.78, 5) is 0. The van der Waals surface area contributed by atoms with E-state index in [0.717, 1.165) is 11.8 Å². The highest BCUT2D eigenvalue weighted by molar-refractivity contribution is 5.15. The van der Waals surface area contributed by atoms with Crippen LogP contribution in [0, 0.1) is 94.7 Å². The molecule has 0 saturated heterocycles. The summed E-state index contributed by atoms with van der Waals surface area (Å²) < 4.78 is 0. The molecule has 0 nitrogen and oxygen atoms in total. The maximum atomic E-state index is 2.00. The highest BCUT2D eigenvalue weighted by Gasteiger charge is 2.67. The molecular weight excluding hydrogens is 408 g/mol. The van der Waals surface area contributed by atoms with Gasteiger partial charge in [0.1, 0.15) is 0 Å². The van der Waals surface area contributed by atoms with Crippen LogP contribution in [-0.2, 0) is 0 Å². The van der Waals surface area contributed by atoms with Gasteiger partial charge in [-0.2, -0.15) is 0 Å². The second kappa shape index (κ2) is 8.25. The van der Waals surface area contributed by atoms with E-state index < -0.39 is 0 Å². The number of hydrogen-bond donors (Lipinski definition) is 0. The van der Waals surface area contributed by atoms with Crippen molar-refractivity contribution in [3.8, 4) is 0 Å². The fraction of sp³-hybridized carbons (Fsp3) is 1.00. The molecule has 0 heterocycles. The van der Waals surface area contributed by atoms with Crippen LogP contribution in [-0.4, -0.2) is 0 Å². The average Bonchev–Trinajstić information content (AvgIpc) is 3.47. The van der Waals surface area contributed by atoms with Crippen molar-refractivity contribution >= 4 is 0 Å². The van der Waals surface area contributed by atoms with Crippen molar-refractivity contribution in [3.05, 3.63) is 0 Å². The molecule has 0 N–H and O–H groups in total. The Bertz CT molecular complexity index is 708. The van der Waals surface area contributed by atoms with Crippen LogP contribution in [0.25, 0.3) is 0 Å². The van der Waals surface area contributed by atoms with Gasteiger partial charge >= 0.3 is 0 Å². The maximum Gasteiger partial charge on any atom is -0.0318 e. The molecule has 34 heavy (non-hydrogen) atoms. The van der Waals surface area contributed by atoms with Crippen molar-refractivity contribution in [1.82, 2.24) is 0 Å². The lowest BCUT2D eigenvalue weighted by molar-refractivity contribution is -0.168. The number of hydrogen-bond acceptors (Lipinski definition) is 0. The predicted octanol–water partition coefficient (Wildman–Crippen LogP) is 9.24. The van der Waals surface area contributed by atoms with Crippen LogP contribution in [0.2, 0.25) is 0 Å². The fourth-order valence-electron chi connectivity index (χ4n) is 14.8. The third-order valence-corrected chi connectivity index (χ3v) is 15.2. The van der Waals surface area contributed by atoms with Crippen LogP contribution >= 0.6 is 0 Å². The molecule has 0 aromatic heterocycles. The Morgan fingerprint density at radius 2 is 0.618 bits per heavy atom. The van der Waals surface area contributed by atoms with E-state index in [0.29, 0.717) is 0 Å². The van der Waals surface area contributed by atoms with E-state index in [1.807, 2.05) is 13.8 Å². The van der Waals surface area contributed by atoms with Crippen LogP contribution in [0.1, 0.15) is 117 Å². The first-order valence-corrected chi connectivity index (χ1v) is 16.9. The molecule has 9 saturated carbocycles. The zero-order chi connectivity index (χ0) is 22.6. The second-order valence-electron chi connectivity index (χ2n) is 15.3. The Morgan fingerprint density at radius 1 is 0.294 bits per heavy atom. The number of fused-ring (bicyclic) bond motifs is 6. The average molecular weight is 463 g/mol. The van der Waals surface area contributed by atoms with Gasteiger partial charge in [-0.05, 0) is 172 Å². The van der Waals surface area contributed by atoms with Gasteiger partial charge < -0.3 is 0 Å². The molecule has 0 aromatic carbocycles. The van der Waals surface area contributed by atoms with Crippen LogP contribution < -0.4 is 0 Å². The summed E-state index contributed by atoms with van der Waals surface area (Å²) in [5, 5.41) is 0. The fourth-order valence-corrected chi connectivity index (χ4v) is 14.8. The SMILES string of the molecule is C1CCC2CC3C(CC2C1)C1CCC2C4CCC5CCC6CCC(C7CCC3C1C27)C4C56.CC. The Balaban J connectivity index is 0.000000913. The Labute approximate surface area is 211 Å². The lowest BCUT2D eigenvalue weighted by Crippen LogP contribution is -2.59. The molecule has 0 radical (unpaired) electrons. The molecule has 9 aliphatic carbocycles. The normalized spacial score (nSPS) is 62.3. The van der Waals surface area contributed by atoms with Crippen molar-refractivity contribution < 1.29 is 0 Å². The van der Waals surface area contributed by atoms with E-state index in [1.54, 1.807) is 103 Å². The monoisotopic (exact) mass is 462 g/mol. The third-order valence-electron chi connectivity index (χ3n) is 15.2. The summed E-state index contributed by atoms with van der Waals surface area (Å²) in [6, 6.07) is 0. The lowest BCUT2D eigenvalue weighted by Gasteiger charge is -2.65. The zero-order valence-electron chi connectivity index (χ0n) is 22.6. The molecule has 0 amide bonds. The Morgan fingerprint density at radius 3 is 1.06 bits per heavy atom. The van der Waals surface area contributed by atoms with Gasteiger partial charge in [0.15, 0.2) is 0 Å². The molecule has 12 atom stereocenters. The summed E-state index contributed by atoms with van der Waals surface area (Å²) in [5.41, 5.74) is 0. The van der Waals surface area contributed by atoms with E-state index in [4.69, 9.17) is 0 Å². The summed E-state index contributed by atoms with van der Waals surface area (Å²) in [6.07, 6.45) is 26.3. The van der Waals surface area contributed by atoms with Crippen molar-refractivity contribution in [2.75, 3.05) is 0 Å². The van der Waals surface area contributed by atoms with E-state index in [-0.39, 0.29) is 0 Å². The van der Waals surface area contributed by atoms with Crippen LogP contribution in [0.15, 0.2) is 0 Å². The first kappa shape index (κ1) is 22.0. The van der Waals surface area contributed by atoms with Gasteiger partial charge in [-0.3, -0.25) is 0 Å². The largest absolute Gasteiger partial charge is 0.0683 e. The summed E-state index contributed by atoms with van der Waals surface area (Å²) >= 11 is 0. The molecule has 0 aromatic rings. The molecule has 9 rings (SSSR count). The van der Waals surface area contributed by atoms with Crippen LogP contribution in [0.5, 0.6) is 0 Å². The smallest absolute Gasteiger partial charge is 0.0318 e. The molecule has 0 spiro atoms. The summed E-state index contributed by atoms with van der Waals surface area (Å²) in [7, 11) is 0. The van der Waals surface area contributed by atoms with Gasteiger partial charge in [-0.25, -0.2) is 0 Å². The van der Waals surface area contributed by atoms with Crippen molar-refractivity contribution in [1.29, 1.82) is 0 Å². The summed E-state index contributed by atoms with van der Waals surface area (Å²) in [5.74, 6) is 19.0. The second-order valence-corrected chi connectivity index (χ2v) is 15.3. The molecule has 0 bridgehead atoms. The molecule has 12 unspecified atom stereocenters. The van der Waals surface area contributed by atoms with E-state index >= 15 is 0 Å². The molecule has 0 aliphatic heterocycles. The van der Waals surface area contributed by atoms with Crippen molar-refractivity contribution in [2.24, 2.45) is 94.7 Å². The first-order chi connectivity index (χ1) is 16.9. The molecule has 190 valence electrons. The minimum absolute atomic E-state index is 1.15. The van der Waals surface area contributed by atoms with Crippen molar-refractivity contribution in [3.63, 3.8) is 0 Å². The Hall–Kier alpha value is 0. The number of rotatable bonds is 0. The van der Waals surface area contributed by atoms with Gasteiger partial charge in [-0.15, -0.1) is 0 Å². The van der Waals surface area contributed by atoms with E-state index in [1.165, 1.54) is 82.9 Å². The molecule has 0 heteroatoms. The zero-order valence-corrected chi connectivity index (χ0v) is 22.6. The highest BCUT2D eigenvalue weighted by Crippen LogP contribution is 2.73. The minimum Gasteiger partial charge on any atom is -0.0683 e. The third kappa shape index (κ3) is 2.84. The predicted molar refractivity (Wildman–Crippen MR) is 141 cm³/mol. The maximum absolute atomic E-state index is 2.00. The molecular formula is C34H54. The highest BCUT2D eigenvalue weighted by atomic mass is 14.7. The molecule has 9 fully saturated rings. The molecule has 9 aliphatic rings. The topological polar surface area (TPSA) is 0 Å². The van der Waals surface area contributed by atoms with Gasteiger partial charge in [0.05, 0.1) is 0 Å². The van der Waals surface area contributed by atoms with Crippen LogP contribution in [0.3, 0.4) is 0 Å². The first-order valence-electron chi connectivity index (χ1n) is 16.9. The van der Waals surface area contributed by atoms with E-state index in [9.17, 15) is 0 Å². The standard InChI is InChI=1S/C32H48.C2H6/c1-2-4-20-16-28-26-14-12-24-22-10-8-18-6-5-17-7-9-21(30(22)29(17)18)23-11-13-25(32(26)31(23)24)27(28)15-19(20)3-1;1-2/h17-32H,1-16H2;1-2H3.